The number of hydrogen-bond acceptors (Lipinski definition) is 7. The van der Waals surface area contributed by atoms with Gasteiger partial charge in [0.25, 0.3) is 0 Å². The average molecular weight is 620 g/mol. The Balaban J connectivity index is 1.12. The summed E-state index contributed by atoms with van der Waals surface area (Å²) >= 11 is 0. The van der Waals surface area contributed by atoms with Crippen LogP contribution in [0.25, 0.3) is 0 Å². The lowest BCUT2D eigenvalue weighted by atomic mass is 9.86. The number of amides is 1. The number of alkyl carbamates (subject to hydrolysis) is 1. The molecule has 0 aliphatic carbocycles. The number of ether oxygens (including phenoxy) is 2. The Hall–Kier alpha value is -3.93. The van der Waals surface area contributed by atoms with E-state index in [1.54, 1.807) is 12.1 Å². The third-order valence-corrected chi connectivity index (χ3v) is 10.8. The maximum Gasteiger partial charge on any atom is 0.408 e. The van der Waals surface area contributed by atoms with Gasteiger partial charge in [-0.15, -0.1) is 0 Å². The molecule has 4 saturated heterocycles. The Kier molecular flexibility index (Phi) is 8.88. The molecule has 4 aliphatic heterocycles. The number of nitrogens with one attached hydrogen (secondary N) is 1. The molecular formula is C33H37N3O7S. The van der Waals surface area contributed by atoms with Crippen molar-refractivity contribution in [1.82, 2.24) is 14.5 Å². The molecule has 0 spiro atoms. The molecule has 3 aromatic carbocycles. The van der Waals surface area contributed by atoms with Gasteiger partial charge in [0.05, 0.1) is 10.9 Å². The van der Waals surface area contributed by atoms with E-state index in [0.717, 1.165) is 53.5 Å². The molecule has 44 heavy (non-hydrogen) atoms. The summed E-state index contributed by atoms with van der Waals surface area (Å²) in [6.07, 6.45) is 2.40. The predicted octanol–water partition coefficient (Wildman–Crippen LogP) is 4.41. The van der Waals surface area contributed by atoms with Gasteiger partial charge in [-0.1, -0.05) is 54.6 Å². The zero-order valence-corrected chi connectivity index (χ0v) is 25.2. The number of fused-ring (bicyclic) bond motifs is 3. The molecular weight excluding hydrogens is 582 g/mol. The first-order valence-corrected chi connectivity index (χ1v) is 16.5. The van der Waals surface area contributed by atoms with E-state index < -0.39 is 34.2 Å². The first-order valence-electron chi connectivity index (χ1n) is 15.1. The highest BCUT2D eigenvalue weighted by molar-refractivity contribution is 7.89. The maximum absolute atomic E-state index is 13.1. The maximum atomic E-state index is 13.1. The van der Waals surface area contributed by atoms with Gasteiger partial charge < -0.3 is 19.9 Å². The van der Waals surface area contributed by atoms with Crippen LogP contribution in [-0.4, -0.2) is 73.1 Å². The van der Waals surface area contributed by atoms with Crippen LogP contribution in [-0.2, 0) is 26.2 Å². The highest BCUT2D eigenvalue weighted by Crippen LogP contribution is 2.31. The second kappa shape index (κ2) is 13.0. The smallest absolute Gasteiger partial charge is 0.408 e. The van der Waals surface area contributed by atoms with Gasteiger partial charge in [0, 0.05) is 13.1 Å². The van der Waals surface area contributed by atoms with Crippen LogP contribution < -0.4 is 10.1 Å². The van der Waals surface area contributed by atoms with E-state index in [4.69, 9.17) is 9.47 Å². The number of benzene rings is 3. The summed E-state index contributed by atoms with van der Waals surface area (Å²) in [7, 11) is -3.92. The number of rotatable bonds is 10. The number of sulfonamides is 1. The summed E-state index contributed by atoms with van der Waals surface area (Å²) in [5, 5.41) is 12.5. The van der Waals surface area contributed by atoms with E-state index in [9.17, 15) is 23.1 Å². The van der Waals surface area contributed by atoms with Crippen molar-refractivity contribution in [2.45, 2.75) is 55.4 Å². The molecule has 2 N–H and O–H groups in total. The van der Waals surface area contributed by atoms with Crippen LogP contribution in [0.15, 0.2) is 83.8 Å². The lowest BCUT2D eigenvalue weighted by molar-refractivity contribution is -0.140. The Morgan fingerprint density at radius 2 is 1.64 bits per heavy atom. The van der Waals surface area contributed by atoms with Crippen molar-refractivity contribution in [1.29, 1.82) is 0 Å². The Labute approximate surface area is 257 Å². The number of piperidine rings is 3. The first-order chi connectivity index (χ1) is 21.3. The van der Waals surface area contributed by atoms with Crippen LogP contribution in [0.1, 0.15) is 48.4 Å². The standard InChI is InChI=1S/C33H37N3O7S/c37-32(38)29-10-5-17-36(29)44(40,41)28-13-11-23(12-14-28)22-42-27-9-4-8-26(20-27)31(25-6-2-1-3-7-25)34-33(39)43-30-21-35-18-15-24(30)16-19-35/h1-4,6-9,11-14,20,24,29-31H,5,10,15-19,21-22H2,(H,34,39)(H,37,38)/t29-,30-,31-/m0/s1. The van der Waals surface area contributed by atoms with E-state index in [1.165, 1.54) is 12.1 Å². The first kappa shape index (κ1) is 30.1. The highest BCUT2D eigenvalue weighted by Gasteiger charge is 2.39. The molecule has 0 radical (unpaired) electrons. The van der Waals surface area contributed by atoms with Gasteiger partial charge in [-0.25, -0.2) is 13.2 Å². The number of carbonyl (C=O) groups is 2. The van der Waals surface area contributed by atoms with Crippen molar-refractivity contribution in [3.05, 3.63) is 95.6 Å². The fourth-order valence-corrected chi connectivity index (χ4v) is 8.11. The number of aliphatic carboxylic acids is 1. The highest BCUT2D eigenvalue weighted by atomic mass is 32.2. The molecule has 4 aliphatic rings. The lowest BCUT2D eigenvalue weighted by Gasteiger charge is -2.43. The quantitative estimate of drug-likeness (QED) is 0.342. The molecule has 0 aromatic heterocycles. The summed E-state index contributed by atoms with van der Waals surface area (Å²) in [5.41, 5.74) is 2.50. The molecule has 7 rings (SSSR count). The normalized spacial score (nSPS) is 24.0. The number of nitrogens with zero attached hydrogens (tertiary/aromatic N) is 2. The molecule has 2 bridgehead atoms. The van der Waals surface area contributed by atoms with E-state index in [2.05, 4.69) is 10.2 Å². The Morgan fingerprint density at radius 1 is 0.909 bits per heavy atom. The third kappa shape index (κ3) is 6.59. The summed E-state index contributed by atoms with van der Waals surface area (Å²) in [5.74, 6) is -0.128. The number of carbonyl (C=O) groups excluding carboxylic acids is 1. The van der Waals surface area contributed by atoms with E-state index in [0.29, 0.717) is 24.5 Å². The van der Waals surface area contributed by atoms with Crippen molar-refractivity contribution < 1.29 is 32.6 Å². The van der Waals surface area contributed by atoms with Crippen LogP contribution in [0.4, 0.5) is 4.79 Å². The molecule has 4 fully saturated rings. The monoisotopic (exact) mass is 619 g/mol. The van der Waals surface area contributed by atoms with Gasteiger partial charge in [-0.2, -0.15) is 4.31 Å². The van der Waals surface area contributed by atoms with Crippen molar-refractivity contribution in [3.8, 4) is 5.75 Å². The number of carboxylic acid groups (broad SMARTS) is 1. The summed E-state index contributed by atoms with van der Waals surface area (Å²) < 4.78 is 39.2. The van der Waals surface area contributed by atoms with E-state index in [1.807, 2.05) is 54.6 Å². The zero-order chi connectivity index (χ0) is 30.7. The van der Waals surface area contributed by atoms with Crippen molar-refractivity contribution >= 4 is 22.1 Å². The molecule has 10 nitrogen and oxygen atoms in total. The Morgan fingerprint density at radius 3 is 2.32 bits per heavy atom. The van der Waals surface area contributed by atoms with Gasteiger partial charge >= 0.3 is 12.1 Å². The summed E-state index contributed by atoms with van der Waals surface area (Å²) in [6.45, 7) is 3.31. The van der Waals surface area contributed by atoms with Crippen LogP contribution in [0.5, 0.6) is 5.75 Å². The summed E-state index contributed by atoms with van der Waals surface area (Å²) in [4.78, 5) is 27.0. The van der Waals surface area contributed by atoms with Gasteiger partial charge in [0.15, 0.2) is 0 Å². The second-order valence-corrected chi connectivity index (χ2v) is 13.6. The van der Waals surface area contributed by atoms with Crippen LogP contribution in [0, 0.1) is 5.92 Å². The SMILES string of the molecule is O=C(N[C@@H](c1ccccc1)c1cccc(OCc2ccc(S(=O)(=O)N3CCC[C@H]3C(=O)O)cc2)c1)O[C@H]1CN2CCC1CC2. The molecule has 0 saturated carbocycles. The fourth-order valence-electron chi connectivity index (χ4n) is 6.46. The minimum absolute atomic E-state index is 0.0540. The molecule has 3 aromatic rings. The minimum Gasteiger partial charge on any atom is -0.489 e. The predicted molar refractivity (Wildman–Crippen MR) is 163 cm³/mol. The fraction of sp³-hybridized carbons (Fsp3) is 0.394. The van der Waals surface area contributed by atoms with Crippen molar-refractivity contribution in [2.24, 2.45) is 5.92 Å². The Bertz CT molecular complexity index is 1570. The van der Waals surface area contributed by atoms with Gasteiger partial charge in [0.2, 0.25) is 10.0 Å². The van der Waals surface area contributed by atoms with Crippen LogP contribution >= 0.6 is 0 Å². The lowest BCUT2D eigenvalue weighted by Crippen LogP contribution is -2.52. The van der Waals surface area contributed by atoms with Gasteiger partial charge in [-0.3, -0.25) is 9.69 Å². The van der Waals surface area contributed by atoms with E-state index >= 15 is 0 Å². The molecule has 0 unspecified atom stereocenters. The van der Waals surface area contributed by atoms with Crippen molar-refractivity contribution in [3.63, 3.8) is 0 Å². The minimum atomic E-state index is -3.92. The third-order valence-electron chi connectivity index (χ3n) is 8.87. The largest absolute Gasteiger partial charge is 0.489 e. The number of carboxylic acids is 1. The molecule has 4 heterocycles. The topological polar surface area (TPSA) is 125 Å². The summed E-state index contributed by atoms with van der Waals surface area (Å²) in [6, 6.07) is 22.0. The van der Waals surface area contributed by atoms with Gasteiger partial charge in [0.1, 0.15) is 24.5 Å². The van der Waals surface area contributed by atoms with Gasteiger partial charge in [-0.05, 0) is 85.6 Å². The zero-order valence-electron chi connectivity index (χ0n) is 24.4. The van der Waals surface area contributed by atoms with Crippen LogP contribution in [0.3, 0.4) is 0 Å². The van der Waals surface area contributed by atoms with Crippen molar-refractivity contribution in [2.75, 3.05) is 26.2 Å². The molecule has 11 heteroatoms. The molecule has 232 valence electrons. The molecule has 3 atom stereocenters. The van der Waals surface area contributed by atoms with E-state index in [-0.39, 0.29) is 24.2 Å². The van der Waals surface area contributed by atoms with Crippen LogP contribution in [0.2, 0.25) is 0 Å². The second-order valence-electron chi connectivity index (χ2n) is 11.7. The molecule has 1 amide bonds. The number of hydrogen-bond donors (Lipinski definition) is 2. The average Bonchev–Trinajstić information content (AvgIpc) is 3.56.